The summed E-state index contributed by atoms with van der Waals surface area (Å²) in [7, 11) is 0. The Bertz CT molecular complexity index is 102. The summed E-state index contributed by atoms with van der Waals surface area (Å²) in [6.45, 7) is 5.36. The molecule has 1 aliphatic rings. The van der Waals surface area contributed by atoms with Crippen LogP contribution in [0, 0.1) is 19.9 Å². The molecule has 0 aromatic heterocycles. The van der Waals surface area contributed by atoms with Crippen molar-refractivity contribution in [1.29, 1.82) is 0 Å². The zero-order chi connectivity index (χ0) is 6.95. The maximum atomic E-state index is 3.42. The molecular weight excluding hydrogens is 315 g/mol. The van der Waals surface area contributed by atoms with Crippen LogP contribution >= 0.6 is 0 Å². The molecule has 0 fully saturated rings. The Morgan fingerprint density at radius 2 is 2.18 bits per heavy atom. The molecule has 0 heterocycles. The van der Waals surface area contributed by atoms with Gasteiger partial charge < -0.3 is 7.43 Å². The molecule has 1 rings (SSSR count). The molecule has 68 valence electrons. The summed E-state index contributed by atoms with van der Waals surface area (Å²) in [6, 6.07) is 0. The molecule has 0 aliphatic heterocycles. The second kappa shape index (κ2) is 16.4. The van der Waals surface area contributed by atoms with Gasteiger partial charge in [0.15, 0.2) is 0 Å². The van der Waals surface area contributed by atoms with Crippen molar-refractivity contribution in [2.24, 2.45) is 0 Å². The van der Waals surface area contributed by atoms with E-state index >= 15 is 0 Å². The van der Waals surface area contributed by atoms with Crippen LogP contribution < -0.4 is 0 Å². The largest absolute Gasteiger partial charge is 0.358 e. The van der Waals surface area contributed by atoms with E-state index in [1.807, 2.05) is 25.5 Å². The van der Waals surface area contributed by atoms with Crippen molar-refractivity contribution in [1.82, 2.24) is 0 Å². The van der Waals surface area contributed by atoms with E-state index in [1.54, 1.807) is 6.08 Å². The van der Waals surface area contributed by atoms with Crippen molar-refractivity contribution in [3.05, 3.63) is 50.8 Å². The zero-order valence-electron chi connectivity index (χ0n) is 7.12. The minimum Gasteiger partial charge on any atom is -0.358 e. The third-order valence-corrected chi connectivity index (χ3v) is 0.822. The second-order valence-electron chi connectivity index (χ2n) is 1.57. The van der Waals surface area contributed by atoms with Crippen molar-refractivity contribution in [2.75, 3.05) is 0 Å². The molecule has 1 aliphatic carbocycles. The summed E-state index contributed by atoms with van der Waals surface area (Å²) in [6.07, 6.45) is 13.6. The van der Waals surface area contributed by atoms with Gasteiger partial charge in [-0.25, -0.2) is 31.2 Å². The third kappa shape index (κ3) is 17.7. The molecule has 0 amide bonds. The SMILES string of the molecule is C=C[CH-]C.[C-]1=CC=CC1.[CH3-].[Pt]. The fourth-order valence-corrected chi connectivity index (χ4v) is 0.340. The van der Waals surface area contributed by atoms with Crippen LogP contribution in [0.4, 0.5) is 0 Å². The molecule has 0 saturated carbocycles. The predicted molar refractivity (Wildman–Crippen MR) is 48.2 cm³/mol. The Hall–Kier alpha value is -0.222. The molecule has 0 N–H and O–H groups in total. The molecule has 1 heteroatoms. The van der Waals surface area contributed by atoms with Crippen molar-refractivity contribution < 1.29 is 21.1 Å². The Morgan fingerprint density at radius 3 is 2.27 bits per heavy atom. The number of allylic oxidation sites excluding steroid dienone is 5. The van der Waals surface area contributed by atoms with E-state index in [4.69, 9.17) is 0 Å². The van der Waals surface area contributed by atoms with E-state index in [0.717, 1.165) is 6.42 Å². The fraction of sp³-hybridized carbons (Fsp3) is 0.200. The second-order valence-corrected chi connectivity index (χ2v) is 1.57. The molecule has 0 bridgehead atoms. The van der Waals surface area contributed by atoms with Crippen LogP contribution in [0.3, 0.4) is 0 Å². The molecule has 0 radical (unpaired) electrons. The Balaban J connectivity index is -0.000000101. The van der Waals surface area contributed by atoms with Gasteiger partial charge in [-0.2, -0.15) is 6.08 Å². The van der Waals surface area contributed by atoms with Gasteiger partial charge in [-0.05, 0) is 0 Å². The minimum atomic E-state index is 0. The van der Waals surface area contributed by atoms with Gasteiger partial charge in [0.25, 0.3) is 0 Å². The van der Waals surface area contributed by atoms with Crippen LogP contribution in [0.2, 0.25) is 0 Å². The molecule has 0 spiro atoms. The molecule has 0 nitrogen and oxygen atoms in total. The van der Waals surface area contributed by atoms with Crippen molar-refractivity contribution >= 4 is 0 Å². The number of hydrogen-bond acceptors (Lipinski definition) is 0. The van der Waals surface area contributed by atoms with Crippen molar-refractivity contribution in [3.63, 3.8) is 0 Å². The Labute approximate surface area is 85.3 Å². The third-order valence-electron chi connectivity index (χ3n) is 0.822. The quantitative estimate of drug-likeness (QED) is 0.648. The van der Waals surface area contributed by atoms with Gasteiger partial charge in [-0.3, -0.25) is 6.08 Å². The monoisotopic (exact) mass is 330 g/mol. The van der Waals surface area contributed by atoms with Gasteiger partial charge in [0, 0.05) is 21.1 Å². The Morgan fingerprint density at radius 1 is 1.64 bits per heavy atom. The molecular formula is C10H15Pt-3. The molecule has 0 aromatic rings. The first-order valence-corrected chi connectivity index (χ1v) is 3.04. The minimum absolute atomic E-state index is 0. The van der Waals surface area contributed by atoms with Crippen molar-refractivity contribution in [3.8, 4) is 0 Å². The topological polar surface area (TPSA) is 0 Å². The first-order chi connectivity index (χ1) is 4.41. The van der Waals surface area contributed by atoms with Crippen LogP contribution in [-0.4, -0.2) is 0 Å². The first-order valence-electron chi connectivity index (χ1n) is 3.04. The van der Waals surface area contributed by atoms with E-state index in [2.05, 4.69) is 18.7 Å². The molecule has 0 atom stereocenters. The van der Waals surface area contributed by atoms with E-state index in [-0.39, 0.29) is 28.5 Å². The van der Waals surface area contributed by atoms with Crippen LogP contribution in [0.15, 0.2) is 30.9 Å². The van der Waals surface area contributed by atoms with E-state index in [9.17, 15) is 0 Å². The van der Waals surface area contributed by atoms with E-state index in [1.165, 1.54) is 0 Å². The van der Waals surface area contributed by atoms with Crippen LogP contribution in [-0.2, 0) is 21.1 Å². The van der Waals surface area contributed by atoms with Crippen LogP contribution in [0.5, 0.6) is 0 Å². The summed E-state index contributed by atoms with van der Waals surface area (Å²) in [5.74, 6) is 0. The summed E-state index contributed by atoms with van der Waals surface area (Å²) < 4.78 is 0. The summed E-state index contributed by atoms with van der Waals surface area (Å²) in [5.41, 5.74) is 0. The van der Waals surface area contributed by atoms with Gasteiger partial charge in [0.05, 0.1) is 0 Å². The average molecular weight is 330 g/mol. The summed E-state index contributed by atoms with van der Waals surface area (Å²) >= 11 is 0. The van der Waals surface area contributed by atoms with Gasteiger partial charge in [0.1, 0.15) is 0 Å². The summed E-state index contributed by atoms with van der Waals surface area (Å²) in [5, 5.41) is 0. The Kier molecular flexibility index (Phi) is 25.4. The maximum Gasteiger partial charge on any atom is 0 e. The van der Waals surface area contributed by atoms with Crippen LogP contribution in [0.1, 0.15) is 13.3 Å². The average Bonchev–Trinajstić information content (AvgIpc) is 2.43. The smallest absolute Gasteiger partial charge is 0 e. The number of rotatable bonds is 1. The van der Waals surface area contributed by atoms with Gasteiger partial charge >= 0.3 is 0 Å². The predicted octanol–water partition coefficient (Wildman–Crippen LogP) is 3.15. The van der Waals surface area contributed by atoms with Crippen molar-refractivity contribution in [2.45, 2.75) is 13.3 Å². The van der Waals surface area contributed by atoms with Gasteiger partial charge in [-0.15, -0.1) is 13.3 Å². The van der Waals surface area contributed by atoms with Gasteiger partial charge in [-0.1, -0.05) is 0 Å². The normalized spacial score (nSPS) is 9.91. The van der Waals surface area contributed by atoms with E-state index < -0.39 is 0 Å². The first kappa shape index (κ1) is 17.0. The molecule has 11 heavy (non-hydrogen) atoms. The summed E-state index contributed by atoms with van der Waals surface area (Å²) in [4.78, 5) is 0. The number of hydrogen-bond donors (Lipinski definition) is 0. The molecule has 0 saturated heterocycles. The maximum absolute atomic E-state index is 3.42. The fourth-order valence-electron chi connectivity index (χ4n) is 0.340. The standard InChI is InChI=1S/C5H5.C4H7.CH3.Pt/c1-2-4-5-3-1;1-3-4-2;;/h1-3H,4H2;3-4H,1H2,2H3;1H3;/q3*-1;. The van der Waals surface area contributed by atoms with Gasteiger partial charge in [0.2, 0.25) is 0 Å². The van der Waals surface area contributed by atoms with E-state index in [0.29, 0.717) is 0 Å². The zero-order valence-corrected chi connectivity index (χ0v) is 9.39. The molecule has 0 unspecified atom stereocenters. The molecule has 0 aromatic carbocycles. The van der Waals surface area contributed by atoms with Crippen LogP contribution in [0.25, 0.3) is 0 Å².